The molecular formula is C21H24N4O2. The first kappa shape index (κ1) is 16.5. The molecule has 1 aromatic heterocycles. The summed E-state index contributed by atoms with van der Waals surface area (Å²) in [5.74, 6) is -0.110. The minimum absolute atomic E-state index is 0.0477. The van der Waals surface area contributed by atoms with E-state index in [0.717, 1.165) is 32.4 Å². The predicted octanol–water partition coefficient (Wildman–Crippen LogP) is 2.09. The van der Waals surface area contributed by atoms with Crippen molar-refractivity contribution in [1.29, 1.82) is 0 Å². The second kappa shape index (κ2) is 5.94. The lowest BCUT2D eigenvalue weighted by Crippen LogP contribution is -2.44. The Morgan fingerprint density at radius 2 is 1.85 bits per heavy atom. The summed E-state index contributed by atoms with van der Waals surface area (Å²) in [6.45, 7) is 2.78. The number of carbonyl (C=O) groups excluding carboxylic acids is 2. The molecule has 5 rings (SSSR count). The minimum atomic E-state index is -0.0621. The summed E-state index contributed by atoms with van der Waals surface area (Å²) in [5.41, 5.74) is 4.12. The molecule has 1 aromatic carbocycles. The summed E-state index contributed by atoms with van der Waals surface area (Å²) >= 11 is 0. The van der Waals surface area contributed by atoms with Gasteiger partial charge in [0.25, 0.3) is 11.8 Å². The highest BCUT2D eigenvalue weighted by Gasteiger charge is 2.42. The second-order valence-electron chi connectivity index (χ2n) is 8.09. The third kappa shape index (κ3) is 2.50. The van der Waals surface area contributed by atoms with E-state index in [-0.39, 0.29) is 17.2 Å². The van der Waals surface area contributed by atoms with E-state index in [9.17, 15) is 9.59 Å². The molecule has 1 spiro atoms. The standard InChI is InChI=1S/C21H24N4O2/c1-23-12-13-25-18(20(23)27)14-17(22-25)19(26)24-10-8-21(9-11-24)7-6-15-4-2-3-5-16(15)21/h2-5,14H,6-13H2,1H3. The maximum atomic E-state index is 13.0. The molecule has 1 aliphatic carbocycles. The lowest BCUT2D eigenvalue weighted by Gasteiger charge is -2.40. The summed E-state index contributed by atoms with van der Waals surface area (Å²) in [6.07, 6.45) is 4.34. The molecule has 6 heteroatoms. The summed E-state index contributed by atoms with van der Waals surface area (Å²) < 4.78 is 1.67. The summed E-state index contributed by atoms with van der Waals surface area (Å²) in [6, 6.07) is 10.4. The van der Waals surface area contributed by atoms with Crippen molar-refractivity contribution in [3.05, 3.63) is 52.8 Å². The van der Waals surface area contributed by atoms with Crippen LogP contribution in [0.3, 0.4) is 0 Å². The highest BCUT2D eigenvalue weighted by atomic mass is 16.2. The van der Waals surface area contributed by atoms with Gasteiger partial charge in [-0.2, -0.15) is 5.10 Å². The van der Waals surface area contributed by atoms with Gasteiger partial charge in [0, 0.05) is 32.7 Å². The monoisotopic (exact) mass is 364 g/mol. The lowest BCUT2D eigenvalue weighted by atomic mass is 9.74. The predicted molar refractivity (Wildman–Crippen MR) is 101 cm³/mol. The van der Waals surface area contributed by atoms with Crippen LogP contribution in [0.2, 0.25) is 0 Å². The highest BCUT2D eigenvalue weighted by Crippen LogP contribution is 2.46. The Hall–Kier alpha value is -2.63. The van der Waals surface area contributed by atoms with Crippen LogP contribution in [0.1, 0.15) is 51.4 Å². The first-order valence-electron chi connectivity index (χ1n) is 9.78. The SMILES string of the molecule is CN1CCn2nc(C(=O)N3CCC4(CCc5ccccc54)CC3)cc2C1=O. The maximum Gasteiger partial charge on any atom is 0.274 e. The molecule has 1 fully saturated rings. The van der Waals surface area contributed by atoms with Crippen molar-refractivity contribution in [1.82, 2.24) is 19.6 Å². The number of likely N-dealkylation sites (tertiary alicyclic amines) is 1. The van der Waals surface area contributed by atoms with Crippen LogP contribution < -0.4 is 0 Å². The number of hydrogen-bond donors (Lipinski definition) is 0. The molecule has 0 saturated carbocycles. The zero-order valence-corrected chi connectivity index (χ0v) is 15.6. The van der Waals surface area contributed by atoms with E-state index in [0.29, 0.717) is 24.5 Å². The van der Waals surface area contributed by atoms with Crippen molar-refractivity contribution in [2.75, 3.05) is 26.7 Å². The average molecular weight is 364 g/mol. The lowest BCUT2D eigenvalue weighted by molar-refractivity contribution is 0.0657. The number of fused-ring (bicyclic) bond motifs is 3. The Bertz CT molecular complexity index is 924. The molecule has 0 N–H and O–H groups in total. The first-order valence-corrected chi connectivity index (χ1v) is 9.78. The van der Waals surface area contributed by atoms with E-state index >= 15 is 0 Å². The summed E-state index contributed by atoms with van der Waals surface area (Å²) in [4.78, 5) is 28.8. The van der Waals surface area contributed by atoms with Crippen LogP contribution in [0.15, 0.2) is 30.3 Å². The largest absolute Gasteiger partial charge is 0.339 e. The fourth-order valence-electron chi connectivity index (χ4n) is 4.99. The molecule has 0 radical (unpaired) electrons. The van der Waals surface area contributed by atoms with Crippen LogP contribution in [0.4, 0.5) is 0 Å². The zero-order valence-electron chi connectivity index (χ0n) is 15.6. The molecule has 27 heavy (non-hydrogen) atoms. The fraction of sp³-hybridized carbons (Fsp3) is 0.476. The van der Waals surface area contributed by atoms with Crippen molar-refractivity contribution < 1.29 is 9.59 Å². The van der Waals surface area contributed by atoms with Crippen LogP contribution in [0.5, 0.6) is 0 Å². The van der Waals surface area contributed by atoms with E-state index in [2.05, 4.69) is 29.4 Å². The maximum absolute atomic E-state index is 13.0. The number of hydrogen-bond acceptors (Lipinski definition) is 3. The van der Waals surface area contributed by atoms with E-state index in [1.165, 1.54) is 17.5 Å². The number of amides is 2. The normalized spacial score (nSPS) is 20.7. The minimum Gasteiger partial charge on any atom is -0.339 e. The van der Waals surface area contributed by atoms with Crippen LogP contribution in [0, 0.1) is 0 Å². The van der Waals surface area contributed by atoms with Crippen LogP contribution >= 0.6 is 0 Å². The molecular weight excluding hydrogens is 340 g/mol. The van der Waals surface area contributed by atoms with E-state index < -0.39 is 0 Å². The van der Waals surface area contributed by atoms with Crippen LogP contribution in [-0.2, 0) is 18.4 Å². The third-order valence-electron chi connectivity index (χ3n) is 6.68. The van der Waals surface area contributed by atoms with Gasteiger partial charge in [-0.15, -0.1) is 0 Å². The fourth-order valence-corrected chi connectivity index (χ4v) is 4.99. The van der Waals surface area contributed by atoms with Gasteiger partial charge in [-0.1, -0.05) is 24.3 Å². The van der Waals surface area contributed by atoms with E-state index in [4.69, 9.17) is 0 Å². The van der Waals surface area contributed by atoms with Gasteiger partial charge in [-0.25, -0.2) is 0 Å². The molecule has 0 atom stereocenters. The first-order chi connectivity index (χ1) is 13.1. The van der Waals surface area contributed by atoms with Crippen molar-refractivity contribution >= 4 is 11.8 Å². The van der Waals surface area contributed by atoms with Gasteiger partial charge in [-0.05, 0) is 42.2 Å². The third-order valence-corrected chi connectivity index (χ3v) is 6.68. The Balaban J connectivity index is 1.33. The molecule has 3 aliphatic rings. The van der Waals surface area contributed by atoms with Gasteiger partial charge in [-0.3, -0.25) is 14.3 Å². The Morgan fingerprint density at radius 1 is 1.07 bits per heavy atom. The number of aromatic nitrogens is 2. The van der Waals surface area contributed by atoms with Gasteiger partial charge in [0.15, 0.2) is 5.69 Å². The van der Waals surface area contributed by atoms with Gasteiger partial charge in [0.2, 0.25) is 0 Å². The van der Waals surface area contributed by atoms with Crippen LogP contribution in [-0.4, -0.2) is 58.1 Å². The molecule has 2 amide bonds. The van der Waals surface area contributed by atoms with Crippen molar-refractivity contribution in [3.8, 4) is 0 Å². The van der Waals surface area contributed by atoms with Gasteiger partial charge < -0.3 is 9.80 Å². The Labute approximate surface area is 158 Å². The molecule has 0 unspecified atom stereocenters. The number of aryl methyl sites for hydroxylation is 1. The number of piperidine rings is 1. The zero-order chi connectivity index (χ0) is 18.6. The molecule has 6 nitrogen and oxygen atoms in total. The van der Waals surface area contributed by atoms with Crippen molar-refractivity contribution in [2.24, 2.45) is 0 Å². The number of nitrogens with zero attached hydrogens (tertiary/aromatic N) is 4. The number of carbonyl (C=O) groups is 2. The quantitative estimate of drug-likeness (QED) is 0.779. The molecule has 2 aliphatic heterocycles. The average Bonchev–Trinajstić information content (AvgIpc) is 3.28. The van der Waals surface area contributed by atoms with Crippen molar-refractivity contribution in [2.45, 2.75) is 37.6 Å². The van der Waals surface area contributed by atoms with Gasteiger partial charge >= 0.3 is 0 Å². The van der Waals surface area contributed by atoms with Crippen molar-refractivity contribution in [3.63, 3.8) is 0 Å². The molecule has 0 bridgehead atoms. The second-order valence-corrected chi connectivity index (χ2v) is 8.09. The molecule has 1 saturated heterocycles. The summed E-state index contributed by atoms with van der Waals surface area (Å²) in [5, 5.41) is 4.41. The van der Waals surface area contributed by atoms with E-state index in [1.54, 1.807) is 22.7 Å². The van der Waals surface area contributed by atoms with E-state index in [1.807, 2.05) is 4.90 Å². The van der Waals surface area contributed by atoms with Gasteiger partial charge in [0.1, 0.15) is 5.69 Å². The number of rotatable bonds is 1. The summed E-state index contributed by atoms with van der Waals surface area (Å²) in [7, 11) is 1.78. The molecule has 140 valence electrons. The smallest absolute Gasteiger partial charge is 0.274 e. The number of likely N-dealkylation sites (N-methyl/N-ethyl adjacent to an activating group) is 1. The molecule has 2 aromatic rings. The van der Waals surface area contributed by atoms with Crippen LogP contribution in [0.25, 0.3) is 0 Å². The van der Waals surface area contributed by atoms with Gasteiger partial charge in [0.05, 0.1) is 6.54 Å². The number of benzene rings is 1. The Kier molecular flexibility index (Phi) is 3.64. The Morgan fingerprint density at radius 3 is 2.67 bits per heavy atom. The topological polar surface area (TPSA) is 58.4 Å². The highest BCUT2D eigenvalue weighted by molar-refractivity contribution is 5.98. The molecule has 3 heterocycles.